The molecule has 1 heterocycles. The fourth-order valence-corrected chi connectivity index (χ4v) is 2.07. The smallest absolute Gasteiger partial charge is 0.141 e. The maximum atomic E-state index is 4.30. The summed E-state index contributed by atoms with van der Waals surface area (Å²) in [5.74, 6) is 0.811. The fraction of sp³-hybridized carbons (Fsp3) is 0. The van der Waals surface area contributed by atoms with Gasteiger partial charge in [0.15, 0.2) is 0 Å². The van der Waals surface area contributed by atoms with Crippen molar-refractivity contribution in [3.63, 3.8) is 0 Å². The number of anilines is 2. The predicted molar refractivity (Wildman–Crippen MR) is 74.7 cm³/mol. The Morgan fingerprint density at radius 1 is 0.889 bits per heavy atom. The van der Waals surface area contributed by atoms with Gasteiger partial charge in [-0.2, -0.15) is 0 Å². The van der Waals surface area contributed by atoms with Gasteiger partial charge < -0.3 is 5.32 Å². The van der Waals surface area contributed by atoms with Gasteiger partial charge in [-0.3, -0.25) is 0 Å². The van der Waals surface area contributed by atoms with Crippen LogP contribution < -0.4 is 10.5 Å². The highest BCUT2D eigenvalue weighted by Crippen LogP contribution is 2.21. The van der Waals surface area contributed by atoms with Crippen molar-refractivity contribution in [2.75, 3.05) is 5.32 Å². The Balaban J connectivity index is 2.08. The highest BCUT2D eigenvalue weighted by atomic mass is 28.1. The Bertz CT molecular complexity index is 692. The second-order valence-corrected chi connectivity index (χ2v) is 4.45. The molecule has 0 aliphatic rings. The lowest BCUT2D eigenvalue weighted by Crippen LogP contribution is -2.09. The van der Waals surface area contributed by atoms with Crippen molar-refractivity contribution >= 4 is 37.8 Å². The molecular formula is C14H10N3Si. The SMILES string of the molecule is [Si]c1ccccc1Nc1ncnc2ccccc12. The molecule has 3 nitrogen and oxygen atoms in total. The summed E-state index contributed by atoms with van der Waals surface area (Å²) in [7, 11) is 3.57. The number of benzene rings is 2. The lowest BCUT2D eigenvalue weighted by Gasteiger charge is -2.10. The quantitative estimate of drug-likeness (QED) is 0.706. The molecule has 4 heteroatoms. The lowest BCUT2D eigenvalue weighted by atomic mass is 10.2. The number of hydrogen-bond donors (Lipinski definition) is 1. The minimum absolute atomic E-state index is 0.811. The Hall–Kier alpha value is -2.20. The summed E-state index contributed by atoms with van der Waals surface area (Å²) in [5.41, 5.74) is 1.92. The molecular weight excluding hydrogens is 238 g/mol. The molecule has 0 unspecified atom stereocenters. The van der Waals surface area contributed by atoms with E-state index in [-0.39, 0.29) is 0 Å². The first-order valence-electron chi connectivity index (χ1n) is 5.62. The topological polar surface area (TPSA) is 37.8 Å². The molecule has 0 aliphatic carbocycles. The maximum Gasteiger partial charge on any atom is 0.141 e. The molecule has 0 amide bonds. The van der Waals surface area contributed by atoms with Crippen molar-refractivity contribution in [1.29, 1.82) is 0 Å². The molecule has 0 saturated carbocycles. The lowest BCUT2D eigenvalue weighted by molar-refractivity contribution is 1.22. The first kappa shape index (κ1) is 10.9. The molecule has 2 aromatic carbocycles. The minimum Gasteiger partial charge on any atom is -0.340 e. The van der Waals surface area contributed by atoms with E-state index in [4.69, 9.17) is 0 Å². The third-order valence-electron chi connectivity index (χ3n) is 2.72. The van der Waals surface area contributed by atoms with E-state index in [2.05, 4.69) is 25.5 Å². The van der Waals surface area contributed by atoms with Crippen LogP contribution in [0.15, 0.2) is 54.9 Å². The number of nitrogens with one attached hydrogen (secondary N) is 1. The summed E-state index contributed by atoms with van der Waals surface area (Å²) >= 11 is 0. The molecule has 3 rings (SSSR count). The van der Waals surface area contributed by atoms with Crippen LogP contribution in [0, 0.1) is 0 Å². The Labute approximate surface area is 108 Å². The third kappa shape index (κ3) is 1.98. The molecule has 1 aromatic heterocycles. The molecule has 0 atom stereocenters. The van der Waals surface area contributed by atoms with Gasteiger partial charge in [0.25, 0.3) is 0 Å². The van der Waals surface area contributed by atoms with Crippen LogP contribution in [0.4, 0.5) is 11.5 Å². The third-order valence-corrected chi connectivity index (χ3v) is 3.16. The van der Waals surface area contributed by atoms with Crippen LogP contribution in [0.3, 0.4) is 0 Å². The predicted octanol–water partition coefficient (Wildman–Crippen LogP) is 2.17. The number of fused-ring (bicyclic) bond motifs is 1. The average molecular weight is 248 g/mol. The normalized spacial score (nSPS) is 10.5. The first-order valence-corrected chi connectivity index (χ1v) is 6.12. The van der Waals surface area contributed by atoms with E-state index in [0.29, 0.717) is 0 Å². The second kappa shape index (κ2) is 4.58. The molecule has 1 N–H and O–H groups in total. The van der Waals surface area contributed by atoms with E-state index in [9.17, 15) is 0 Å². The van der Waals surface area contributed by atoms with E-state index in [1.165, 1.54) is 0 Å². The van der Waals surface area contributed by atoms with Crippen molar-refractivity contribution in [3.05, 3.63) is 54.9 Å². The molecule has 0 spiro atoms. The minimum atomic E-state index is 0.811. The van der Waals surface area contributed by atoms with Gasteiger partial charge in [-0.05, 0) is 23.4 Å². The summed E-state index contributed by atoms with van der Waals surface area (Å²) < 4.78 is 0. The highest BCUT2D eigenvalue weighted by Gasteiger charge is 2.04. The molecule has 0 saturated heterocycles. The van der Waals surface area contributed by atoms with Crippen molar-refractivity contribution < 1.29 is 0 Å². The average Bonchev–Trinajstić information content (AvgIpc) is 2.42. The zero-order valence-corrected chi connectivity index (χ0v) is 10.6. The van der Waals surface area contributed by atoms with Crippen LogP contribution in [-0.2, 0) is 0 Å². The van der Waals surface area contributed by atoms with Crippen molar-refractivity contribution in [3.8, 4) is 0 Å². The van der Waals surface area contributed by atoms with E-state index in [0.717, 1.165) is 27.6 Å². The van der Waals surface area contributed by atoms with E-state index < -0.39 is 0 Å². The Morgan fingerprint density at radius 2 is 1.67 bits per heavy atom. The van der Waals surface area contributed by atoms with Gasteiger partial charge in [-0.25, -0.2) is 9.97 Å². The number of para-hydroxylation sites is 2. The van der Waals surface area contributed by atoms with Gasteiger partial charge in [0.2, 0.25) is 0 Å². The second-order valence-electron chi connectivity index (χ2n) is 3.91. The standard InChI is InChI=1S/C14H10N3Si/c18-13-8-4-3-7-12(13)17-14-10-5-1-2-6-11(10)15-9-16-14/h1-9H,(H,15,16,17). The molecule has 85 valence electrons. The van der Waals surface area contributed by atoms with Gasteiger partial charge in [0.1, 0.15) is 12.1 Å². The van der Waals surface area contributed by atoms with Gasteiger partial charge >= 0.3 is 0 Å². The fourth-order valence-electron chi connectivity index (χ4n) is 1.82. The van der Waals surface area contributed by atoms with Crippen LogP contribution in [0.25, 0.3) is 10.9 Å². The molecule has 3 aromatic rings. The molecule has 0 bridgehead atoms. The Morgan fingerprint density at radius 3 is 2.56 bits per heavy atom. The van der Waals surface area contributed by atoms with Gasteiger partial charge in [-0.1, -0.05) is 30.3 Å². The zero-order valence-electron chi connectivity index (χ0n) is 9.59. The maximum absolute atomic E-state index is 4.30. The van der Waals surface area contributed by atoms with Crippen LogP contribution in [-0.4, -0.2) is 20.2 Å². The summed E-state index contributed by atoms with van der Waals surface area (Å²) in [6, 6.07) is 15.9. The zero-order chi connectivity index (χ0) is 12.4. The first-order chi connectivity index (χ1) is 8.84. The van der Waals surface area contributed by atoms with Crippen LogP contribution in [0.5, 0.6) is 0 Å². The molecule has 0 aliphatic heterocycles. The van der Waals surface area contributed by atoms with Crippen molar-refractivity contribution in [2.24, 2.45) is 0 Å². The van der Waals surface area contributed by atoms with Crippen LogP contribution in [0.2, 0.25) is 0 Å². The van der Waals surface area contributed by atoms with E-state index >= 15 is 0 Å². The highest BCUT2D eigenvalue weighted by molar-refractivity contribution is 6.36. The van der Waals surface area contributed by atoms with Crippen LogP contribution >= 0.6 is 0 Å². The van der Waals surface area contributed by atoms with Crippen molar-refractivity contribution in [2.45, 2.75) is 0 Å². The van der Waals surface area contributed by atoms with Gasteiger partial charge in [-0.15, -0.1) is 0 Å². The Kier molecular flexibility index (Phi) is 2.78. The number of aromatic nitrogens is 2. The summed E-state index contributed by atoms with van der Waals surface area (Å²) in [6.07, 6.45) is 1.57. The van der Waals surface area contributed by atoms with E-state index in [1.54, 1.807) is 6.33 Å². The summed E-state index contributed by atoms with van der Waals surface area (Å²) in [4.78, 5) is 8.54. The van der Waals surface area contributed by atoms with E-state index in [1.807, 2.05) is 48.5 Å². The summed E-state index contributed by atoms with van der Waals surface area (Å²) in [6.45, 7) is 0. The summed E-state index contributed by atoms with van der Waals surface area (Å²) in [5, 5.41) is 5.32. The number of hydrogen-bond acceptors (Lipinski definition) is 3. The number of rotatable bonds is 2. The van der Waals surface area contributed by atoms with Gasteiger partial charge in [0.05, 0.1) is 15.8 Å². The molecule has 0 fully saturated rings. The largest absolute Gasteiger partial charge is 0.340 e. The molecule has 18 heavy (non-hydrogen) atoms. The van der Waals surface area contributed by atoms with Crippen LogP contribution in [0.1, 0.15) is 0 Å². The van der Waals surface area contributed by atoms with Gasteiger partial charge in [0, 0.05) is 11.1 Å². The van der Waals surface area contributed by atoms with Crippen molar-refractivity contribution in [1.82, 2.24) is 9.97 Å². The number of nitrogens with zero attached hydrogens (tertiary/aromatic N) is 2. The molecule has 3 radical (unpaired) electrons. The monoisotopic (exact) mass is 248 g/mol.